The van der Waals surface area contributed by atoms with E-state index < -0.39 is 6.04 Å². The first-order valence-electron chi connectivity index (χ1n) is 5.93. The number of hydrogen-bond acceptors (Lipinski definition) is 3. The summed E-state index contributed by atoms with van der Waals surface area (Å²) in [7, 11) is 0. The second-order valence-corrected chi connectivity index (χ2v) is 6.86. The van der Waals surface area contributed by atoms with Gasteiger partial charge in [-0.3, -0.25) is 4.79 Å². The van der Waals surface area contributed by atoms with E-state index in [0.717, 1.165) is 12.8 Å². The lowest BCUT2D eigenvalue weighted by Gasteiger charge is -2.27. The molecule has 0 aromatic carbocycles. The van der Waals surface area contributed by atoms with Gasteiger partial charge in [-0.05, 0) is 30.9 Å². The molecule has 0 heterocycles. The Bertz CT molecular complexity index is 250. The van der Waals surface area contributed by atoms with E-state index >= 15 is 0 Å². The highest BCUT2D eigenvalue weighted by molar-refractivity contribution is 7.99. The lowest BCUT2D eigenvalue weighted by atomic mass is 9.87. The highest BCUT2D eigenvalue weighted by Crippen LogP contribution is 2.28. The molecule has 1 aliphatic carbocycles. The van der Waals surface area contributed by atoms with Crippen molar-refractivity contribution in [3.63, 3.8) is 0 Å². The molecule has 1 aliphatic rings. The van der Waals surface area contributed by atoms with E-state index in [1.54, 1.807) is 0 Å². The summed E-state index contributed by atoms with van der Waals surface area (Å²) in [6, 6.07) is -0.0841. The van der Waals surface area contributed by atoms with Gasteiger partial charge in [0.05, 0.1) is 6.04 Å². The molecule has 0 saturated heterocycles. The molecule has 1 amide bonds. The molecule has 0 aromatic rings. The minimum Gasteiger partial charge on any atom is -0.352 e. The van der Waals surface area contributed by atoms with E-state index in [1.807, 2.05) is 32.5 Å². The monoisotopic (exact) mass is 244 g/mol. The Labute approximate surface area is 103 Å². The molecule has 0 radical (unpaired) electrons. The summed E-state index contributed by atoms with van der Waals surface area (Å²) >= 11 is 1.89. The molecule has 1 saturated carbocycles. The standard InChI is InChI=1S/C12H24N2OS/c1-12(2,3)10(13)11(15)14-8-5-6-9(7-8)16-4/h8-10H,5-7,13H2,1-4H3,(H,14,15)/t8?,9?,10-/m1/s1. The topological polar surface area (TPSA) is 55.1 Å². The molecule has 1 rings (SSSR count). The fourth-order valence-corrected chi connectivity index (χ4v) is 2.77. The highest BCUT2D eigenvalue weighted by atomic mass is 32.2. The van der Waals surface area contributed by atoms with E-state index in [2.05, 4.69) is 11.6 Å². The van der Waals surface area contributed by atoms with Crippen molar-refractivity contribution in [1.82, 2.24) is 5.32 Å². The first-order valence-corrected chi connectivity index (χ1v) is 7.22. The van der Waals surface area contributed by atoms with Crippen molar-refractivity contribution >= 4 is 17.7 Å². The van der Waals surface area contributed by atoms with Crippen molar-refractivity contribution in [3.8, 4) is 0 Å². The van der Waals surface area contributed by atoms with Crippen molar-refractivity contribution in [2.75, 3.05) is 6.26 Å². The Hall–Kier alpha value is -0.220. The molecule has 4 heteroatoms. The number of carbonyl (C=O) groups excluding carboxylic acids is 1. The van der Waals surface area contributed by atoms with Crippen molar-refractivity contribution in [3.05, 3.63) is 0 Å². The van der Waals surface area contributed by atoms with Gasteiger partial charge < -0.3 is 11.1 Å². The van der Waals surface area contributed by atoms with Gasteiger partial charge in [-0.1, -0.05) is 20.8 Å². The van der Waals surface area contributed by atoms with E-state index in [9.17, 15) is 4.79 Å². The number of nitrogens with two attached hydrogens (primary N) is 1. The zero-order valence-corrected chi connectivity index (χ0v) is 11.6. The number of amides is 1. The Morgan fingerprint density at radius 3 is 2.50 bits per heavy atom. The van der Waals surface area contributed by atoms with Crippen molar-refractivity contribution in [1.29, 1.82) is 0 Å². The van der Waals surface area contributed by atoms with Gasteiger partial charge in [0, 0.05) is 11.3 Å². The summed E-state index contributed by atoms with van der Waals surface area (Å²) in [5.74, 6) is -0.000692. The van der Waals surface area contributed by atoms with Crippen molar-refractivity contribution in [2.45, 2.75) is 57.4 Å². The molecule has 3 nitrogen and oxygen atoms in total. The van der Waals surface area contributed by atoms with Crippen LogP contribution in [-0.2, 0) is 4.79 Å². The predicted octanol–water partition coefficient (Wildman–Crippen LogP) is 1.76. The summed E-state index contributed by atoms with van der Waals surface area (Å²) < 4.78 is 0. The van der Waals surface area contributed by atoms with E-state index in [-0.39, 0.29) is 11.3 Å². The van der Waals surface area contributed by atoms with E-state index in [4.69, 9.17) is 5.73 Å². The third-order valence-electron chi connectivity index (χ3n) is 3.28. The van der Waals surface area contributed by atoms with Crippen molar-refractivity contribution < 1.29 is 4.79 Å². The van der Waals surface area contributed by atoms with Crippen LogP contribution in [-0.4, -0.2) is 29.5 Å². The van der Waals surface area contributed by atoms with Gasteiger partial charge >= 0.3 is 0 Å². The number of carbonyl (C=O) groups is 1. The molecule has 0 aliphatic heterocycles. The predicted molar refractivity (Wildman–Crippen MR) is 70.5 cm³/mol. The molecule has 2 unspecified atom stereocenters. The van der Waals surface area contributed by atoms with Gasteiger partial charge in [0.2, 0.25) is 5.91 Å². The van der Waals surface area contributed by atoms with Crippen LogP contribution in [0.15, 0.2) is 0 Å². The number of thioether (sulfide) groups is 1. The highest BCUT2D eigenvalue weighted by Gasteiger charge is 2.31. The van der Waals surface area contributed by atoms with Gasteiger partial charge in [-0.25, -0.2) is 0 Å². The van der Waals surface area contributed by atoms with Crippen LogP contribution in [0.1, 0.15) is 40.0 Å². The lowest BCUT2D eigenvalue weighted by Crippen LogP contribution is -2.50. The van der Waals surface area contributed by atoms with Crippen molar-refractivity contribution in [2.24, 2.45) is 11.1 Å². The van der Waals surface area contributed by atoms with Gasteiger partial charge in [0.15, 0.2) is 0 Å². The third kappa shape index (κ3) is 3.67. The second-order valence-electron chi connectivity index (χ2n) is 5.72. The second kappa shape index (κ2) is 5.41. The van der Waals surface area contributed by atoms with Gasteiger partial charge in [-0.15, -0.1) is 0 Å². The first-order chi connectivity index (χ1) is 7.34. The molecule has 0 aromatic heterocycles. The van der Waals surface area contributed by atoms with Gasteiger partial charge in [-0.2, -0.15) is 11.8 Å². The molecule has 16 heavy (non-hydrogen) atoms. The number of nitrogens with one attached hydrogen (secondary N) is 1. The summed E-state index contributed by atoms with van der Waals surface area (Å²) in [6.45, 7) is 5.99. The SMILES string of the molecule is CSC1CCC(NC(=O)[C@@H](N)C(C)(C)C)C1. The van der Waals surface area contributed by atoms with Crippen LogP contribution in [0, 0.1) is 5.41 Å². The Balaban J connectivity index is 2.41. The summed E-state index contributed by atoms with van der Waals surface area (Å²) in [5, 5.41) is 3.78. The Morgan fingerprint density at radius 1 is 1.44 bits per heavy atom. The van der Waals surface area contributed by atoms with Crippen LogP contribution in [0.2, 0.25) is 0 Å². The number of hydrogen-bond donors (Lipinski definition) is 2. The van der Waals surface area contributed by atoms with Crippen LogP contribution in [0.4, 0.5) is 0 Å². The molecular weight excluding hydrogens is 220 g/mol. The number of rotatable bonds is 3. The first kappa shape index (κ1) is 13.8. The molecule has 0 spiro atoms. The third-order valence-corrected chi connectivity index (χ3v) is 4.37. The molecule has 3 N–H and O–H groups in total. The van der Waals surface area contributed by atoms with Gasteiger partial charge in [0.25, 0.3) is 0 Å². The lowest BCUT2D eigenvalue weighted by molar-refractivity contribution is -0.125. The van der Waals surface area contributed by atoms with Gasteiger partial charge in [0.1, 0.15) is 0 Å². The average Bonchev–Trinajstić information content (AvgIpc) is 2.63. The van der Waals surface area contributed by atoms with Crippen LogP contribution in [0.3, 0.4) is 0 Å². The normalized spacial score (nSPS) is 27.8. The maximum atomic E-state index is 11.9. The zero-order chi connectivity index (χ0) is 12.3. The van der Waals surface area contributed by atoms with E-state index in [1.165, 1.54) is 6.42 Å². The maximum absolute atomic E-state index is 11.9. The Morgan fingerprint density at radius 2 is 2.06 bits per heavy atom. The molecule has 94 valence electrons. The van der Waals surface area contributed by atoms with Crippen LogP contribution < -0.4 is 11.1 Å². The molecular formula is C12H24N2OS. The largest absolute Gasteiger partial charge is 0.352 e. The maximum Gasteiger partial charge on any atom is 0.237 e. The summed E-state index contributed by atoms with van der Waals surface area (Å²) in [4.78, 5) is 11.9. The molecule has 3 atom stereocenters. The fraction of sp³-hybridized carbons (Fsp3) is 0.917. The quantitative estimate of drug-likeness (QED) is 0.795. The summed E-state index contributed by atoms with van der Waals surface area (Å²) in [5.41, 5.74) is 5.76. The van der Waals surface area contributed by atoms with Crippen LogP contribution >= 0.6 is 11.8 Å². The minimum absolute atomic E-state index is 0.000692. The molecule has 0 bridgehead atoms. The van der Waals surface area contributed by atoms with E-state index in [0.29, 0.717) is 11.3 Å². The minimum atomic E-state index is -0.416. The molecule has 1 fully saturated rings. The zero-order valence-electron chi connectivity index (χ0n) is 10.7. The average molecular weight is 244 g/mol. The Kier molecular flexibility index (Phi) is 4.68. The summed E-state index contributed by atoms with van der Waals surface area (Å²) in [6.07, 6.45) is 5.52. The smallest absolute Gasteiger partial charge is 0.237 e. The fourth-order valence-electron chi connectivity index (χ4n) is 1.97. The van der Waals surface area contributed by atoms with Crippen LogP contribution in [0.5, 0.6) is 0 Å². The van der Waals surface area contributed by atoms with Crippen LogP contribution in [0.25, 0.3) is 0 Å².